The van der Waals surface area contributed by atoms with Gasteiger partial charge in [-0.2, -0.15) is 0 Å². The molecular weight excluding hydrogens is 166 g/mol. The molecule has 0 spiro atoms. The standard InChI is InChI=1S/C9H20NO2.CH3/c1-5-6-9(11)12-8-7-10(2,3)4;/h5-8H2,1-4H3;1H3/q+1;-1. The Bertz CT molecular complexity index is 138. The average Bonchev–Trinajstić information content (AvgIpc) is 1.84. The number of hydrogen-bond donors (Lipinski definition) is 0. The minimum Gasteiger partial charge on any atom is -0.460 e. The van der Waals surface area contributed by atoms with Crippen molar-refractivity contribution in [1.82, 2.24) is 0 Å². The summed E-state index contributed by atoms with van der Waals surface area (Å²) in [5, 5.41) is 0. The predicted molar refractivity (Wildman–Crippen MR) is 55.2 cm³/mol. The van der Waals surface area contributed by atoms with Gasteiger partial charge in [0, 0.05) is 6.42 Å². The summed E-state index contributed by atoms with van der Waals surface area (Å²) in [4.78, 5) is 10.9. The second-order valence-electron chi connectivity index (χ2n) is 3.98. The number of hydrogen-bond acceptors (Lipinski definition) is 2. The highest BCUT2D eigenvalue weighted by atomic mass is 16.5. The SMILES string of the molecule is CCCC(=O)OCC[N+](C)(C)C.[CH3-]. The quantitative estimate of drug-likeness (QED) is 0.372. The molecule has 0 aliphatic rings. The number of esters is 1. The maximum Gasteiger partial charge on any atom is 0.305 e. The first-order valence-corrected chi connectivity index (χ1v) is 4.42. The van der Waals surface area contributed by atoms with E-state index >= 15 is 0 Å². The maximum atomic E-state index is 10.9. The van der Waals surface area contributed by atoms with Crippen molar-refractivity contribution >= 4 is 5.97 Å². The lowest BCUT2D eigenvalue weighted by atomic mass is 10.3. The number of quaternary nitrogens is 1. The smallest absolute Gasteiger partial charge is 0.305 e. The zero-order chi connectivity index (χ0) is 9.61. The predicted octanol–water partition coefficient (Wildman–Crippen LogP) is 1.49. The molecular formula is C10H23NO2. The number of carbonyl (C=O) groups is 1. The van der Waals surface area contributed by atoms with Gasteiger partial charge in [0.15, 0.2) is 0 Å². The van der Waals surface area contributed by atoms with Gasteiger partial charge in [-0.15, -0.1) is 0 Å². The molecule has 0 saturated heterocycles. The van der Waals surface area contributed by atoms with Crippen molar-refractivity contribution in [3.63, 3.8) is 0 Å². The van der Waals surface area contributed by atoms with Crippen LogP contribution in [0.4, 0.5) is 0 Å². The number of likely N-dealkylation sites (N-methyl/N-ethyl adjacent to an activating group) is 1. The van der Waals surface area contributed by atoms with Gasteiger partial charge in [-0.1, -0.05) is 6.92 Å². The minimum atomic E-state index is -0.0778. The van der Waals surface area contributed by atoms with E-state index in [1.165, 1.54) is 0 Å². The van der Waals surface area contributed by atoms with Crippen molar-refractivity contribution < 1.29 is 14.0 Å². The highest BCUT2D eigenvalue weighted by molar-refractivity contribution is 5.69. The van der Waals surface area contributed by atoms with E-state index in [0.29, 0.717) is 13.0 Å². The molecule has 0 amide bonds. The number of nitrogens with zero attached hydrogens (tertiary/aromatic N) is 1. The lowest BCUT2D eigenvalue weighted by Crippen LogP contribution is -2.37. The van der Waals surface area contributed by atoms with E-state index in [9.17, 15) is 4.79 Å². The first-order valence-electron chi connectivity index (χ1n) is 4.42. The van der Waals surface area contributed by atoms with Crippen LogP contribution in [0.3, 0.4) is 0 Å². The number of ether oxygens (including phenoxy) is 1. The third-order valence-electron chi connectivity index (χ3n) is 1.48. The van der Waals surface area contributed by atoms with Crippen LogP contribution in [0.5, 0.6) is 0 Å². The van der Waals surface area contributed by atoms with Crippen LogP contribution in [0.15, 0.2) is 0 Å². The first-order chi connectivity index (χ1) is 5.45. The number of rotatable bonds is 5. The van der Waals surface area contributed by atoms with Crippen LogP contribution in [-0.2, 0) is 9.53 Å². The van der Waals surface area contributed by atoms with Crippen molar-refractivity contribution in [2.75, 3.05) is 34.3 Å². The Hall–Kier alpha value is -0.570. The Morgan fingerprint density at radius 3 is 2.23 bits per heavy atom. The molecule has 80 valence electrons. The van der Waals surface area contributed by atoms with Crippen molar-refractivity contribution in [3.05, 3.63) is 7.43 Å². The molecule has 0 aromatic carbocycles. The molecule has 0 bridgehead atoms. The summed E-state index contributed by atoms with van der Waals surface area (Å²) < 4.78 is 5.84. The fourth-order valence-corrected chi connectivity index (χ4v) is 0.710. The summed E-state index contributed by atoms with van der Waals surface area (Å²) >= 11 is 0. The topological polar surface area (TPSA) is 26.3 Å². The van der Waals surface area contributed by atoms with Gasteiger partial charge >= 0.3 is 5.97 Å². The Labute approximate surface area is 82.3 Å². The van der Waals surface area contributed by atoms with E-state index in [2.05, 4.69) is 21.1 Å². The summed E-state index contributed by atoms with van der Waals surface area (Å²) in [6.45, 7) is 3.37. The fraction of sp³-hybridized carbons (Fsp3) is 0.800. The third kappa shape index (κ3) is 11.4. The van der Waals surface area contributed by atoms with Gasteiger partial charge in [0.25, 0.3) is 0 Å². The molecule has 13 heavy (non-hydrogen) atoms. The fourth-order valence-electron chi connectivity index (χ4n) is 0.710. The highest BCUT2D eigenvalue weighted by Gasteiger charge is 2.08. The van der Waals surface area contributed by atoms with Crippen molar-refractivity contribution in [2.24, 2.45) is 0 Å². The third-order valence-corrected chi connectivity index (χ3v) is 1.48. The zero-order valence-corrected chi connectivity index (χ0v) is 9.59. The molecule has 0 rings (SSSR count). The Morgan fingerprint density at radius 1 is 1.31 bits per heavy atom. The van der Waals surface area contributed by atoms with Crippen LogP contribution in [0, 0.1) is 7.43 Å². The van der Waals surface area contributed by atoms with Gasteiger partial charge in [-0.3, -0.25) is 4.79 Å². The molecule has 0 heterocycles. The maximum absolute atomic E-state index is 10.9. The lowest BCUT2D eigenvalue weighted by Gasteiger charge is -2.23. The van der Waals surface area contributed by atoms with Crippen molar-refractivity contribution in [1.29, 1.82) is 0 Å². The van der Waals surface area contributed by atoms with Crippen molar-refractivity contribution in [3.8, 4) is 0 Å². The lowest BCUT2D eigenvalue weighted by molar-refractivity contribution is -0.870. The Morgan fingerprint density at radius 2 is 1.85 bits per heavy atom. The van der Waals surface area contributed by atoms with Crippen molar-refractivity contribution in [2.45, 2.75) is 19.8 Å². The molecule has 0 saturated carbocycles. The highest BCUT2D eigenvalue weighted by Crippen LogP contribution is 1.93. The van der Waals surface area contributed by atoms with E-state index in [1.807, 2.05) is 6.92 Å². The van der Waals surface area contributed by atoms with Gasteiger partial charge in [-0.25, -0.2) is 0 Å². The Kier molecular flexibility index (Phi) is 7.92. The second kappa shape index (κ2) is 6.89. The molecule has 0 aromatic rings. The minimum absolute atomic E-state index is 0. The van der Waals surface area contributed by atoms with Gasteiger partial charge in [-0.05, 0) is 6.42 Å². The summed E-state index contributed by atoms with van der Waals surface area (Å²) in [6, 6.07) is 0. The van der Waals surface area contributed by atoms with Gasteiger partial charge in [0.1, 0.15) is 13.2 Å². The zero-order valence-electron chi connectivity index (χ0n) is 9.59. The molecule has 0 aliphatic heterocycles. The van der Waals surface area contributed by atoms with Crippen LogP contribution in [0.1, 0.15) is 19.8 Å². The van der Waals surface area contributed by atoms with E-state index in [0.717, 1.165) is 17.4 Å². The number of carbonyl (C=O) groups excluding carboxylic acids is 1. The molecule has 0 atom stereocenters. The summed E-state index contributed by atoms with van der Waals surface area (Å²) in [7, 11) is 6.23. The van der Waals surface area contributed by atoms with E-state index in [1.54, 1.807) is 0 Å². The van der Waals surface area contributed by atoms with Gasteiger partial charge < -0.3 is 16.6 Å². The van der Waals surface area contributed by atoms with Crippen LogP contribution in [0.2, 0.25) is 0 Å². The van der Waals surface area contributed by atoms with E-state index in [-0.39, 0.29) is 13.4 Å². The largest absolute Gasteiger partial charge is 0.460 e. The second-order valence-corrected chi connectivity index (χ2v) is 3.98. The van der Waals surface area contributed by atoms with Gasteiger partial charge in [0.05, 0.1) is 21.1 Å². The molecule has 0 aromatic heterocycles. The van der Waals surface area contributed by atoms with Gasteiger partial charge in [0.2, 0.25) is 0 Å². The van der Waals surface area contributed by atoms with Crippen LogP contribution in [0.25, 0.3) is 0 Å². The molecule has 0 aliphatic carbocycles. The molecule has 0 radical (unpaired) electrons. The summed E-state index contributed by atoms with van der Waals surface area (Å²) in [5.41, 5.74) is 0. The molecule has 3 nitrogen and oxygen atoms in total. The van der Waals surface area contributed by atoms with Crippen LogP contribution in [-0.4, -0.2) is 44.7 Å². The molecule has 3 heteroatoms. The van der Waals surface area contributed by atoms with E-state index in [4.69, 9.17) is 4.74 Å². The monoisotopic (exact) mass is 189 g/mol. The summed E-state index contributed by atoms with van der Waals surface area (Å²) in [5.74, 6) is -0.0778. The molecule has 0 unspecified atom stereocenters. The normalized spacial score (nSPS) is 10.5. The van der Waals surface area contributed by atoms with Crippen LogP contribution < -0.4 is 0 Å². The van der Waals surface area contributed by atoms with E-state index < -0.39 is 0 Å². The average molecular weight is 189 g/mol. The van der Waals surface area contributed by atoms with Crippen LogP contribution >= 0.6 is 0 Å². The molecule has 0 fully saturated rings. The summed E-state index contributed by atoms with van der Waals surface area (Å²) in [6.07, 6.45) is 1.40. The first kappa shape index (κ1) is 14.9. The Balaban J connectivity index is 0. The molecule has 0 N–H and O–H groups in total.